The van der Waals surface area contributed by atoms with Gasteiger partial charge < -0.3 is 9.47 Å². The lowest BCUT2D eigenvalue weighted by molar-refractivity contribution is 0.0981. The molecule has 2 aromatic carbocycles. The smallest absolute Gasteiger partial charge is 0.264 e. The predicted octanol–water partition coefficient (Wildman–Crippen LogP) is 4.74. The number of hydrogen-bond donors (Lipinski definition) is 1. The molecular formula is C24H21ClF2N2O5S. The zero-order valence-electron chi connectivity index (χ0n) is 18.6. The first kappa shape index (κ1) is 24.9. The van der Waals surface area contributed by atoms with Crippen molar-refractivity contribution in [3.63, 3.8) is 0 Å². The summed E-state index contributed by atoms with van der Waals surface area (Å²) in [5, 5.41) is 0.303. The quantitative estimate of drug-likeness (QED) is 0.436. The minimum atomic E-state index is -3.78. The summed E-state index contributed by atoms with van der Waals surface area (Å²) in [6, 6.07) is 9.08. The number of benzene rings is 2. The second-order valence-corrected chi connectivity index (χ2v) is 10.4. The Morgan fingerprint density at radius 2 is 1.89 bits per heavy atom. The summed E-state index contributed by atoms with van der Waals surface area (Å²) in [6.07, 6.45) is 4.60. The fourth-order valence-corrected chi connectivity index (χ4v) is 3.85. The first-order chi connectivity index (χ1) is 16.6. The van der Waals surface area contributed by atoms with Crippen LogP contribution in [0, 0.1) is 17.6 Å². The topological polar surface area (TPSA) is 94.6 Å². The molecule has 0 saturated heterocycles. The maximum absolute atomic E-state index is 14.5. The number of sulfonamides is 1. The lowest BCUT2D eigenvalue weighted by Gasteiger charge is -2.11. The fraction of sp³-hybridized carbons (Fsp3) is 0.250. The van der Waals surface area contributed by atoms with E-state index in [1.165, 1.54) is 24.4 Å². The summed E-state index contributed by atoms with van der Waals surface area (Å²) in [5.41, 5.74) is 0.925. The van der Waals surface area contributed by atoms with Crippen molar-refractivity contribution in [2.75, 3.05) is 12.9 Å². The fourth-order valence-electron chi connectivity index (χ4n) is 3.18. The van der Waals surface area contributed by atoms with Gasteiger partial charge in [-0.2, -0.15) is 0 Å². The van der Waals surface area contributed by atoms with E-state index in [-0.39, 0.29) is 23.5 Å². The third kappa shape index (κ3) is 6.89. The maximum Gasteiger partial charge on any atom is 0.264 e. The molecule has 35 heavy (non-hydrogen) atoms. The monoisotopic (exact) mass is 522 g/mol. The van der Waals surface area contributed by atoms with Crippen LogP contribution in [0.25, 0.3) is 11.1 Å². The minimum Gasteiger partial charge on any atom is -0.489 e. The average molecular weight is 523 g/mol. The molecule has 1 heterocycles. The van der Waals surface area contributed by atoms with E-state index in [9.17, 15) is 22.0 Å². The highest BCUT2D eigenvalue weighted by Gasteiger charge is 2.22. The van der Waals surface area contributed by atoms with Crippen molar-refractivity contribution in [3.05, 3.63) is 76.4 Å². The van der Waals surface area contributed by atoms with Gasteiger partial charge in [-0.1, -0.05) is 17.7 Å². The van der Waals surface area contributed by atoms with Crippen LogP contribution in [0.2, 0.25) is 5.02 Å². The zero-order chi connectivity index (χ0) is 25.2. The first-order valence-electron chi connectivity index (χ1n) is 10.6. The van der Waals surface area contributed by atoms with E-state index < -0.39 is 27.6 Å². The van der Waals surface area contributed by atoms with E-state index >= 15 is 0 Å². The second-order valence-electron chi connectivity index (χ2n) is 8.24. The molecule has 1 fully saturated rings. The number of carbonyl (C=O) groups is 1. The Bertz CT molecular complexity index is 1380. The van der Waals surface area contributed by atoms with Crippen LogP contribution in [0.3, 0.4) is 0 Å². The highest BCUT2D eigenvalue weighted by atomic mass is 35.5. The van der Waals surface area contributed by atoms with E-state index in [2.05, 4.69) is 4.98 Å². The van der Waals surface area contributed by atoms with E-state index in [0.717, 1.165) is 31.2 Å². The Balaban J connectivity index is 1.46. The normalized spacial score (nSPS) is 13.4. The van der Waals surface area contributed by atoms with Crippen LogP contribution in [-0.2, 0) is 16.6 Å². The van der Waals surface area contributed by atoms with Crippen LogP contribution in [0.4, 0.5) is 8.78 Å². The molecule has 4 rings (SSSR count). The van der Waals surface area contributed by atoms with Gasteiger partial charge in [0.1, 0.15) is 29.0 Å². The molecule has 1 saturated carbocycles. The molecule has 7 nitrogen and oxygen atoms in total. The molecule has 1 aliphatic rings. The van der Waals surface area contributed by atoms with Crippen LogP contribution in [-0.4, -0.2) is 32.2 Å². The Hall–Kier alpha value is -3.24. The molecule has 184 valence electrons. The number of rotatable bonds is 9. The number of nitrogens with zero attached hydrogens (tertiary/aromatic N) is 1. The number of carbonyl (C=O) groups excluding carboxylic acids is 1. The molecule has 0 bridgehead atoms. The van der Waals surface area contributed by atoms with Crippen molar-refractivity contribution in [2.24, 2.45) is 5.92 Å². The number of hydrogen-bond acceptors (Lipinski definition) is 6. The number of aromatic nitrogens is 1. The van der Waals surface area contributed by atoms with E-state index in [4.69, 9.17) is 21.1 Å². The highest BCUT2D eigenvalue weighted by molar-refractivity contribution is 7.89. The van der Waals surface area contributed by atoms with E-state index in [0.29, 0.717) is 34.6 Å². The summed E-state index contributed by atoms with van der Waals surface area (Å²) in [7, 11) is -3.78. The van der Waals surface area contributed by atoms with E-state index in [1.54, 1.807) is 16.9 Å². The van der Waals surface area contributed by atoms with Gasteiger partial charge in [-0.3, -0.25) is 4.79 Å². The minimum absolute atomic E-state index is 0.0913. The van der Waals surface area contributed by atoms with Gasteiger partial charge in [-0.25, -0.2) is 26.9 Å². The van der Waals surface area contributed by atoms with Gasteiger partial charge in [-0.15, -0.1) is 0 Å². The molecule has 0 aliphatic heterocycles. The lowest BCUT2D eigenvalue weighted by Crippen LogP contribution is -2.29. The van der Waals surface area contributed by atoms with Crippen LogP contribution in [0.1, 0.15) is 28.8 Å². The molecule has 1 aromatic heterocycles. The van der Waals surface area contributed by atoms with Crippen molar-refractivity contribution >= 4 is 27.5 Å². The van der Waals surface area contributed by atoms with Crippen molar-refractivity contribution in [3.8, 4) is 22.8 Å². The third-order valence-electron chi connectivity index (χ3n) is 5.15. The van der Waals surface area contributed by atoms with Gasteiger partial charge in [0.05, 0.1) is 12.9 Å². The van der Waals surface area contributed by atoms with Gasteiger partial charge in [0.25, 0.3) is 5.91 Å². The number of pyridine rings is 1. The van der Waals surface area contributed by atoms with Gasteiger partial charge in [0.2, 0.25) is 15.9 Å². The van der Waals surface area contributed by atoms with Gasteiger partial charge in [-0.05, 0) is 54.7 Å². The van der Waals surface area contributed by atoms with Crippen molar-refractivity contribution in [1.82, 2.24) is 9.71 Å². The van der Waals surface area contributed by atoms with Gasteiger partial charge in [0, 0.05) is 29.0 Å². The number of amides is 1. The third-order valence-corrected chi connectivity index (χ3v) is 5.98. The first-order valence-corrected chi connectivity index (χ1v) is 12.9. The predicted molar refractivity (Wildman–Crippen MR) is 126 cm³/mol. The Morgan fingerprint density at radius 1 is 1.11 bits per heavy atom. The molecule has 0 spiro atoms. The molecule has 0 unspecified atom stereocenters. The summed E-state index contributed by atoms with van der Waals surface area (Å²) in [5.74, 6) is -1.30. The number of halogens is 3. The average Bonchev–Trinajstić information content (AvgIpc) is 3.60. The molecular weight excluding hydrogens is 502 g/mol. The van der Waals surface area contributed by atoms with Crippen molar-refractivity contribution in [2.45, 2.75) is 19.4 Å². The van der Waals surface area contributed by atoms with Gasteiger partial charge in [0.15, 0.2) is 0 Å². The van der Waals surface area contributed by atoms with Crippen LogP contribution in [0.5, 0.6) is 11.6 Å². The zero-order valence-corrected chi connectivity index (χ0v) is 20.1. The SMILES string of the molecule is CS(=O)(=O)NC(=O)c1ccc(COc2cc(F)cc(-c3cnc(OCC4CC4)c(Cl)c3)c2)c(F)c1. The summed E-state index contributed by atoms with van der Waals surface area (Å²) >= 11 is 6.28. The molecule has 1 N–H and O–H groups in total. The maximum atomic E-state index is 14.5. The molecule has 1 aliphatic carbocycles. The van der Waals surface area contributed by atoms with Crippen LogP contribution in [0.15, 0.2) is 48.7 Å². The Kier molecular flexibility index (Phi) is 7.23. The summed E-state index contributed by atoms with van der Waals surface area (Å²) in [4.78, 5) is 16.1. The van der Waals surface area contributed by atoms with Crippen molar-refractivity contribution in [1.29, 1.82) is 0 Å². The molecule has 0 atom stereocenters. The lowest BCUT2D eigenvalue weighted by atomic mass is 10.1. The molecule has 3 aromatic rings. The van der Waals surface area contributed by atoms with Crippen molar-refractivity contribution < 1.29 is 31.5 Å². The Labute approximate surface area is 206 Å². The largest absolute Gasteiger partial charge is 0.489 e. The van der Waals surface area contributed by atoms with Crippen LogP contribution >= 0.6 is 11.6 Å². The van der Waals surface area contributed by atoms with E-state index in [1.807, 2.05) is 0 Å². The molecule has 0 radical (unpaired) electrons. The summed E-state index contributed by atoms with van der Waals surface area (Å²) in [6.45, 7) is 0.305. The standard InChI is InChI=1S/C24H21ClF2N2O5S/c1-35(31,32)29-23(30)15-4-5-16(22(27)9-15)13-33-20-7-17(6-19(26)10-20)18-8-21(25)24(28-11-18)34-12-14-2-3-14/h4-11,14H,2-3,12-13H2,1H3,(H,29,30). The van der Waals surface area contributed by atoms with Gasteiger partial charge >= 0.3 is 0 Å². The Morgan fingerprint density at radius 3 is 2.54 bits per heavy atom. The summed E-state index contributed by atoms with van der Waals surface area (Å²) < 4.78 is 64.0. The number of nitrogens with one attached hydrogen (secondary N) is 1. The van der Waals surface area contributed by atoms with Crippen LogP contribution < -0.4 is 14.2 Å². The molecule has 11 heteroatoms. The second kappa shape index (κ2) is 10.2. The molecule has 1 amide bonds. The number of ether oxygens (including phenoxy) is 2. The highest BCUT2D eigenvalue weighted by Crippen LogP contribution is 2.33.